The second kappa shape index (κ2) is 24.8. The molecule has 6 nitrogen and oxygen atoms in total. The number of unbranched alkanes of at least 4 members (excludes halogenated alkanes) is 6. The van der Waals surface area contributed by atoms with Gasteiger partial charge in [0.05, 0.1) is 0 Å². The summed E-state index contributed by atoms with van der Waals surface area (Å²) in [6.45, 7) is 17.3. The van der Waals surface area contributed by atoms with Crippen molar-refractivity contribution in [2.45, 2.75) is 159 Å². The minimum absolute atomic E-state index is 0. The summed E-state index contributed by atoms with van der Waals surface area (Å²) < 4.78 is 0. The van der Waals surface area contributed by atoms with E-state index in [1.54, 1.807) is 27.7 Å². The maximum atomic E-state index is 10.8. The van der Waals surface area contributed by atoms with Crippen LogP contribution in [0, 0.1) is 56.2 Å². The third-order valence-electron chi connectivity index (χ3n) is 7.19. The first-order valence-electron chi connectivity index (χ1n) is 14.3. The van der Waals surface area contributed by atoms with Gasteiger partial charge in [0.2, 0.25) is 0 Å². The average molecular weight is 671 g/mol. The number of hydrogen-bond acceptors (Lipinski definition) is 6. The summed E-state index contributed by atoms with van der Waals surface area (Å²) in [4.78, 5) is 32.1. The Morgan fingerprint density at radius 1 is 0.486 bits per heavy atom. The van der Waals surface area contributed by atoms with Gasteiger partial charge in [0, 0.05) is 34.2 Å². The minimum atomic E-state index is -0.931. The molecule has 0 heterocycles. The van der Waals surface area contributed by atoms with E-state index in [2.05, 4.69) is 20.8 Å². The molecule has 0 amide bonds. The summed E-state index contributed by atoms with van der Waals surface area (Å²) in [7, 11) is 0. The number of carboxylic acid groups (broad SMARTS) is 3. The van der Waals surface area contributed by atoms with Crippen molar-refractivity contribution in [2.24, 2.45) is 16.2 Å². The fraction of sp³-hybridized carbons (Fsp3) is 0.900. The summed E-state index contributed by atoms with van der Waals surface area (Å²) >= 11 is 0. The zero-order valence-corrected chi connectivity index (χ0v) is 27.7. The SMILES string of the molecule is CCCCC(C)(CCC)C(=O)[O-].CCCCCC(C)(CC)C(=O)[O-].CCCCCCC(C)(C)C(=O)[O-].[Gd+3]. The molecule has 0 saturated heterocycles. The molecule has 0 saturated carbocycles. The summed E-state index contributed by atoms with van der Waals surface area (Å²) in [5, 5.41) is 32.1. The van der Waals surface area contributed by atoms with Crippen LogP contribution in [-0.4, -0.2) is 17.9 Å². The molecule has 0 N–H and O–H groups in total. The van der Waals surface area contributed by atoms with E-state index in [9.17, 15) is 29.7 Å². The number of hydrogen-bond donors (Lipinski definition) is 0. The molecule has 0 aliphatic carbocycles. The maximum Gasteiger partial charge on any atom is 3.00 e. The Balaban J connectivity index is -0.000000218. The molecule has 0 aromatic rings. The van der Waals surface area contributed by atoms with E-state index in [4.69, 9.17) is 0 Å². The minimum Gasteiger partial charge on any atom is -0.550 e. The fourth-order valence-corrected chi connectivity index (χ4v) is 3.73. The van der Waals surface area contributed by atoms with Crippen molar-refractivity contribution >= 4 is 17.9 Å². The maximum absolute atomic E-state index is 10.8. The number of carbonyl (C=O) groups is 3. The molecule has 221 valence electrons. The van der Waals surface area contributed by atoms with Gasteiger partial charge in [0.25, 0.3) is 0 Å². The Bertz CT molecular complexity index is 593. The van der Waals surface area contributed by atoms with Gasteiger partial charge in [0.1, 0.15) is 0 Å². The topological polar surface area (TPSA) is 120 Å². The molecule has 0 fully saturated rings. The van der Waals surface area contributed by atoms with E-state index in [0.29, 0.717) is 6.42 Å². The molecule has 2 atom stereocenters. The van der Waals surface area contributed by atoms with Crippen molar-refractivity contribution in [3.05, 3.63) is 0 Å². The number of aliphatic carboxylic acids is 3. The van der Waals surface area contributed by atoms with Crippen LogP contribution in [0.25, 0.3) is 0 Å². The van der Waals surface area contributed by atoms with Crippen LogP contribution in [0.1, 0.15) is 159 Å². The molecule has 1 radical (unpaired) electrons. The molecule has 0 aliphatic rings. The number of carbonyl (C=O) groups excluding carboxylic acids is 3. The number of rotatable bonds is 18. The van der Waals surface area contributed by atoms with Gasteiger partial charge < -0.3 is 29.7 Å². The van der Waals surface area contributed by atoms with Gasteiger partial charge in [-0.15, -0.1) is 0 Å². The van der Waals surface area contributed by atoms with E-state index in [1.165, 1.54) is 12.8 Å². The Morgan fingerprint density at radius 2 is 0.892 bits per heavy atom. The molecular weight excluding hydrogens is 614 g/mol. The third-order valence-corrected chi connectivity index (χ3v) is 7.19. The van der Waals surface area contributed by atoms with Crippen LogP contribution in [0.2, 0.25) is 0 Å². The molecule has 0 rings (SSSR count). The van der Waals surface area contributed by atoms with Gasteiger partial charge in [-0.2, -0.15) is 0 Å². The van der Waals surface area contributed by atoms with Gasteiger partial charge in [-0.25, -0.2) is 0 Å². The van der Waals surface area contributed by atoms with Crippen LogP contribution in [0.4, 0.5) is 0 Å². The predicted molar refractivity (Wildman–Crippen MR) is 143 cm³/mol. The molecule has 0 aromatic carbocycles. The van der Waals surface area contributed by atoms with Gasteiger partial charge in [-0.05, 0) is 32.1 Å². The standard InChI is InChI=1S/3C10H20O2.Gd/c1-4-5-6-7-8-10(2,3)9(11)12;1-4-6-7-8-10(3,5-2)9(11)12;1-4-6-8-10(3,7-5-2)9(11)12;/h3*4-8H2,1-3H3,(H,11,12);/q;;;+3/p-3. The molecule has 2 unspecified atom stereocenters. The van der Waals surface area contributed by atoms with E-state index < -0.39 is 34.2 Å². The van der Waals surface area contributed by atoms with E-state index in [-0.39, 0.29) is 39.9 Å². The van der Waals surface area contributed by atoms with Crippen molar-refractivity contribution in [1.29, 1.82) is 0 Å². The largest absolute Gasteiger partial charge is 3.00 e. The van der Waals surface area contributed by atoms with E-state index in [1.807, 2.05) is 13.8 Å². The van der Waals surface area contributed by atoms with E-state index >= 15 is 0 Å². The number of carboxylic acids is 3. The molecule has 0 spiro atoms. The predicted octanol–water partition coefficient (Wildman–Crippen LogP) is 5.20. The van der Waals surface area contributed by atoms with Gasteiger partial charge in [0.15, 0.2) is 0 Å². The first-order chi connectivity index (χ1) is 16.6. The van der Waals surface area contributed by atoms with E-state index in [0.717, 1.165) is 77.0 Å². The normalized spacial score (nSPS) is 13.9. The smallest absolute Gasteiger partial charge is 0.550 e. The fourth-order valence-electron chi connectivity index (χ4n) is 3.73. The van der Waals surface area contributed by atoms with Gasteiger partial charge in [-0.3, -0.25) is 0 Å². The van der Waals surface area contributed by atoms with Crippen molar-refractivity contribution < 1.29 is 69.6 Å². The quantitative estimate of drug-likeness (QED) is 0.185. The van der Waals surface area contributed by atoms with Crippen molar-refractivity contribution in [1.82, 2.24) is 0 Å². The molecule has 0 aromatic heterocycles. The Hall–Kier alpha value is -0.265. The Kier molecular flexibility index (Phi) is 29.3. The molecule has 0 aliphatic heterocycles. The first kappa shape index (κ1) is 43.8. The second-order valence-electron chi connectivity index (χ2n) is 11.3. The molecular formula is C30H57GdO6. The Labute approximate surface area is 260 Å². The van der Waals surface area contributed by atoms with Crippen molar-refractivity contribution in [3.63, 3.8) is 0 Å². The van der Waals surface area contributed by atoms with Crippen LogP contribution in [0.5, 0.6) is 0 Å². The van der Waals surface area contributed by atoms with Gasteiger partial charge >= 0.3 is 39.9 Å². The molecule has 0 bridgehead atoms. The van der Waals surface area contributed by atoms with Crippen LogP contribution in [-0.2, 0) is 14.4 Å². The zero-order valence-electron chi connectivity index (χ0n) is 25.4. The average Bonchev–Trinajstić information content (AvgIpc) is 2.81. The second-order valence-corrected chi connectivity index (χ2v) is 11.3. The zero-order chi connectivity index (χ0) is 28.8. The Morgan fingerprint density at radius 3 is 1.24 bits per heavy atom. The van der Waals surface area contributed by atoms with Crippen LogP contribution >= 0.6 is 0 Å². The third kappa shape index (κ3) is 22.3. The summed E-state index contributed by atoms with van der Waals surface area (Å²) in [5.41, 5.74) is -1.84. The van der Waals surface area contributed by atoms with Crippen LogP contribution in [0.15, 0.2) is 0 Å². The van der Waals surface area contributed by atoms with Crippen LogP contribution in [0.3, 0.4) is 0 Å². The summed E-state index contributed by atoms with van der Waals surface area (Å²) in [6, 6.07) is 0. The first-order valence-corrected chi connectivity index (χ1v) is 14.3. The summed E-state index contributed by atoms with van der Waals surface area (Å²) in [6.07, 6.45) is 14.3. The van der Waals surface area contributed by atoms with Crippen molar-refractivity contribution in [2.75, 3.05) is 0 Å². The van der Waals surface area contributed by atoms with Crippen LogP contribution < -0.4 is 15.3 Å². The van der Waals surface area contributed by atoms with Gasteiger partial charge in [-0.1, -0.05) is 127 Å². The monoisotopic (exact) mass is 671 g/mol. The molecule has 7 heteroatoms. The summed E-state index contributed by atoms with van der Waals surface area (Å²) in [5.74, 6) is -2.72. The molecule has 37 heavy (non-hydrogen) atoms. The van der Waals surface area contributed by atoms with Crippen molar-refractivity contribution in [3.8, 4) is 0 Å².